The van der Waals surface area contributed by atoms with Crippen LogP contribution in [0.5, 0.6) is 0 Å². The summed E-state index contributed by atoms with van der Waals surface area (Å²) in [5.41, 5.74) is 0.735. The summed E-state index contributed by atoms with van der Waals surface area (Å²) in [6, 6.07) is 0. The zero-order chi connectivity index (χ0) is 13.4. The predicted octanol–water partition coefficient (Wildman–Crippen LogP) is 1.10. The van der Waals surface area contributed by atoms with E-state index in [1.54, 1.807) is 5.38 Å². The zero-order valence-corrected chi connectivity index (χ0v) is 11.0. The topological polar surface area (TPSA) is 91.3 Å². The number of carboxylic acid groups (broad SMARTS) is 1. The third kappa shape index (κ3) is 5.62. The van der Waals surface area contributed by atoms with Gasteiger partial charge in [-0.2, -0.15) is 0 Å². The molecule has 0 unspecified atom stereocenters. The van der Waals surface area contributed by atoms with Crippen molar-refractivity contribution in [3.8, 4) is 0 Å². The minimum absolute atomic E-state index is 0.0696. The van der Waals surface area contributed by atoms with Crippen LogP contribution in [-0.2, 0) is 16.0 Å². The van der Waals surface area contributed by atoms with E-state index in [9.17, 15) is 9.59 Å². The number of hydrogen-bond acceptors (Lipinski definition) is 5. The zero-order valence-electron chi connectivity index (χ0n) is 10.2. The van der Waals surface area contributed by atoms with E-state index in [0.717, 1.165) is 12.1 Å². The van der Waals surface area contributed by atoms with Crippen LogP contribution in [0.4, 0.5) is 5.13 Å². The van der Waals surface area contributed by atoms with E-state index < -0.39 is 5.97 Å². The lowest BCUT2D eigenvalue weighted by Crippen LogP contribution is -2.30. The Morgan fingerprint density at radius 3 is 2.94 bits per heavy atom. The van der Waals surface area contributed by atoms with Crippen molar-refractivity contribution in [1.82, 2.24) is 10.3 Å². The third-order valence-electron chi connectivity index (χ3n) is 2.12. The average Bonchev–Trinajstić information content (AvgIpc) is 2.79. The molecule has 0 radical (unpaired) electrons. The van der Waals surface area contributed by atoms with Gasteiger partial charge in [-0.25, -0.2) is 4.98 Å². The monoisotopic (exact) mass is 271 g/mol. The van der Waals surface area contributed by atoms with Crippen LogP contribution in [0.25, 0.3) is 0 Å². The number of thiazole rings is 1. The first-order valence-corrected chi connectivity index (χ1v) is 6.66. The molecule has 0 saturated carbocycles. The van der Waals surface area contributed by atoms with Gasteiger partial charge in [0.1, 0.15) is 0 Å². The van der Waals surface area contributed by atoms with Gasteiger partial charge in [-0.1, -0.05) is 6.92 Å². The van der Waals surface area contributed by atoms with Gasteiger partial charge in [-0.15, -0.1) is 11.3 Å². The Balaban J connectivity index is 2.30. The van der Waals surface area contributed by atoms with Gasteiger partial charge in [-0.3, -0.25) is 9.59 Å². The van der Waals surface area contributed by atoms with Crippen molar-refractivity contribution in [3.05, 3.63) is 11.1 Å². The van der Waals surface area contributed by atoms with Crippen molar-refractivity contribution >= 4 is 28.3 Å². The van der Waals surface area contributed by atoms with Gasteiger partial charge in [0.2, 0.25) is 5.91 Å². The molecule has 1 rings (SSSR count). The Kier molecular flexibility index (Phi) is 6.13. The predicted molar refractivity (Wildman–Crippen MR) is 69.9 cm³/mol. The Hall–Kier alpha value is -1.63. The number of carbonyl (C=O) groups excluding carboxylic acids is 1. The molecule has 0 saturated heterocycles. The summed E-state index contributed by atoms with van der Waals surface area (Å²) < 4.78 is 0. The first kappa shape index (κ1) is 14.4. The number of aliphatic carboxylic acids is 1. The van der Waals surface area contributed by atoms with Crippen LogP contribution in [0.15, 0.2) is 5.38 Å². The van der Waals surface area contributed by atoms with Crippen molar-refractivity contribution in [2.24, 2.45) is 0 Å². The third-order valence-corrected chi connectivity index (χ3v) is 2.97. The number of nitrogens with one attached hydrogen (secondary N) is 2. The number of amides is 1. The highest BCUT2D eigenvalue weighted by Gasteiger charge is 2.06. The lowest BCUT2D eigenvalue weighted by atomic mass is 10.2. The van der Waals surface area contributed by atoms with E-state index in [1.807, 2.05) is 6.92 Å². The molecule has 1 aromatic heterocycles. The highest BCUT2D eigenvalue weighted by Crippen LogP contribution is 2.16. The number of nitrogens with zero attached hydrogens (tertiary/aromatic N) is 1. The molecule has 0 aliphatic rings. The molecule has 0 fully saturated rings. The first-order chi connectivity index (χ1) is 8.61. The van der Waals surface area contributed by atoms with Crippen LogP contribution in [0.3, 0.4) is 0 Å². The molecular weight excluding hydrogens is 254 g/mol. The van der Waals surface area contributed by atoms with Gasteiger partial charge in [0.25, 0.3) is 0 Å². The molecule has 0 aromatic carbocycles. The summed E-state index contributed by atoms with van der Waals surface area (Å²) in [7, 11) is 0. The van der Waals surface area contributed by atoms with Crippen molar-refractivity contribution in [3.63, 3.8) is 0 Å². The van der Waals surface area contributed by atoms with E-state index in [-0.39, 0.29) is 18.9 Å². The van der Waals surface area contributed by atoms with Gasteiger partial charge >= 0.3 is 5.97 Å². The number of carbonyl (C=O) groups is 2. The van der Waals surface area contributed by atoms with E-state index in [2.05, 4.69) is 15.6 Å². The van der Waals surface area contributed by atoms with Crippen LogP contribution in [0.1, 0.15) is 25.5 Å². The maximum Gasteiger partial charge on any atom is 0.303 e. The fourth-order valence-electron chi connectivity index (χ4n) is 1.22. The van der Waals surface area contributed by atoms with Crippen molar-refractivity contribution in [1.29, 1.82) is 0 Å². The fourth-order valence-corrected chi connectivity index (χ4v) is 1.96. The SMILES string of the molecule is CCCNC(=O)CNc1nc(CCC(=O)O)cs1. The Labute approximate surface area is 109 Å². The molecule has 18 heavy (non-hydrogen) atoms. The van der Waals surface area contributed by atoms with Crippen LogP contribution < -0.4 is 10.6 Å². The molecule has 1 heterocycles. The number of anilines is 1. The van der Waals surface area contributed by atoms with Crippen LogP contribution in [0, 0.1) is 0 Å². The second kappa shape index (κ2) is 7.65. The minimum Gasteiger partial charge on any atom is -0.481 e. The summed E-state index contributed by atoms with van der Waals surface area (Å²) in [4.78, 5) is 25.9. The Morgan fingerprint density at radius 2 is 2.28 bits per heavy atom. The maximum absolute atomic E-state index is 11.3. The van der Waals surface area contributed by atoms with Gasteiger partial charge in [0.15, 0.2) is 5.13 Å². The number of carboxylic acids is 1. The van der Waals surface area contributed by atoms with E-state index in [1.165, 1.54) is 11.3 Å². The number of hydrogen-bond donors (Lipinski definition) is 3. The van der Waals surface area contributed by atoms with Crippen LogP contribution in [-0.4, -0.2) is 35.1 Å². The summed E-state index contributed by atoms with van der Waals surface area (Å²) in [5.74, 6) is -0.907. The van der Waals surface area contributed by atoms with Crippen molar-refractivity contribution in [2.75, 3.05) is 18.4 Å². The molecule has 0 bridgehead atoms. The molecule has 0 aliphatic carbocycles. The van der Waals surface area contributed by atoms with Crippen molar-refractivity contribution < 1.29 is 14.7 Å². The molecular formula is C11H17N3O3S. The summed E-state index contributed by atoms with van der Waals surface area (Å²) in [6.07, 6.45) is 1.39. The van der Waals surface area contributed by atoms with Crippen LogP contribution >= 0.6 is 11.3 Å². The molecule has 0 atom stereocenters. The molecule has 7 heteroatoms. The van der Waals surface area contributed by atoms with Crippen LogP contribution in [0.2, 0.25) is 0 Å². The highest BCUT2D eigenvalue weighted by molar-refractivity contribution is 7.13. The molecule has 1 amide bonds. The maximum atomic E-state index is 11.3. The molecule has 6 nitrogen and oxygen atoms in total. The second-order valence-corrected chi connectivity index (χ2v) is 4.60. The number of rotatable bonds is 8. The average molecular weight is 271 g/mol. The Morgan fingerprint density at radius 1 is 1.50 bits per heavy atom. The van der Waals surface area contributed by atoms with Gasteiger partial charge < -0.3 is 15.7 Å². The standard InChI is InChI=1S/C11H17N3O3S/c1-2-5-12-9(15)6-13-11-14-8(7-18-11)3-4-10(16)17/h7H,2-6H2,1H3,(H,12,15)(H,13,14)(H,16,17). The smallest absolute Gasteiger partial charge is 0.303 e. The largest absolute Gasteiger partial charge is 0.481 e. The summed E-state index contributed by atoms with van der Waals surface area (Å²) in [5, 5.41) is 16.6. The molecule has 0 spiro atoms. The van der Waals surface area contributed by atoms with Gasteiger partial charge in [0, 0.05) is 18.3 Å². The van der Waals surface area contributed by atoms with E-state index >= 15 is 0 Å². The minimum atomic E-state index is -0.837. The fraction of sp³-hybridized carbons (Fsp3) is 0.545. The number of aryl methyl sites for hydroxylation is 1. The molecule has 1 aromatic rings. The quantitative estimate of drug-likeness (QED) is 0.658. The Bertz CT molecular complexity index is 406. The highest BCUT2D eigenvalue weighted by atomic mass is 32.1. The lowest BCUT2D eigenvalue weighted by molar-refractivity contribution is -0.137. The van der Waals surface area contributed by atoms with Gasteiger partial charge in [-0.05, 0) is 6.42 Å². The first-order valence-electron chi connectivity index (χ1n) is 5.78. The van der Waals surface area contributed by atoms with Gasteiger partial charge in [0.05, 0.1) is 18.7 Å². The van der Waals surface area contributed by atoms with Crippen molar-refractivity contribution in [2.45, 2.75) is 26.2 Å². The second-order valence-electron chi connectivity index (χ2n) is 3.74. The lowest BCUT2D eigenvalue weighted by Gasteiger charge is -2.03. The number of aromatic nitrogens is 1. The van der Waals surface area contributed by atoms with E-state index in [4.69, 9.17) is 5.11 Å². The summed E-state index contributed by atoms with van der Waals surface area (Å²) in [6.45, 7) is 2.84. The molecule has 3 N–H and O–H groups in total. The molecule has 100 valence electrons. The van der Waals surface area contributed by atoms with E-state index in [0.29, 0.717) is 18.1 Å². The molecule has 0 aliphatic heterocycles. The summed E-state index contributed by atoms with van der Waals surface area (Å²) >= 11 is 1.37. The normalized spacial score (nSPS) is 10.1.